The highest BCUT2D eigenvalue weighted by molar-refractivity contribution is 6.30. The van der Waals surface area contributed by atoms with E-state index in [2.05, 4.69) is 62.6 Å². The number of benzene rings is 4. The molecular weight excluding hydrogens is 922 g/mol. The summed E-state index contributed by atoms with van der Waals surface area (Å²) < 4.78 is 35.6. The van der Waals surface area contributed by atoms with Gasteiger partial charge >= 0.3 is 11.9 Å². The number of nitrogens with zero attached hydrogens (tertiary/aromatic N) is 2. The van der Waals surface area contributed by atoms with E-state index < -0.39 is 0 Å². The maximum atomic E-state index is 12.6. The van der Waals surface area contributed by atoms with Gasteiger partial charge in [-0.05, 0) is 96.5 Å². The van der Waals surface area contributed by atoms with Gasteiger partial charge in [0.15, 0.2) is 23.0 Å². The van der Waals surface area contributed by atoms with Crippen LogP contribution in [0, 0.1) is 0 Å². The Morgan fingerprint density at radius 2 is 0.924 bits per heavy atom. The summed E-state index contributed by atoms with van der Waals surface area (Å²) in [6, 6.07) is 24.7. The van der Waals surface area contributed by atoms with Crippen molar-refractivity contribution in [3.63, 3.8) is 0 Å². The lowest BCUT2D eigenvalue weighted by atomic mass is 9.83. The number of hydrogen-bond donors (Lipinski definition) is 0. The molecule has 0 fully saturated rings. The Morgan fingerprint density at radius 3 is 1.27 bits per heavy atom. The van der Waals surface area contributed by atoms with Crippen molar-refractivity contribution >= 4 is 35.1 Å². The summed E-state index contributed by atoms with van der Waals surface area (Å²) in [5.74, 6) is 3.07. The molecule has 4 aromatic carbocycles. The Bertz CT molecular complexity index is 2070. The van der Waals surface area contributed by atoms with Gasteiger partial charge in [-0.3, -0.25) is 9.59 Å². The molecule has 0 unspecified atom stereocenters. The third-order valence-electron chi connectivity index (χ3n) is 12.8. The van der Waals surface area contributed by atoms with Gasteiger partial charge in [0.1, 0.15) is 13.1 Å². The van der Waals surface area contributed by atoms with Crippen LogP contribution in [-0.4, -0.2) is 103 Å². The number of hydrogen-bond acceptors (Lipinski definition) is 8. The largest absolute Gasteiger partial charge is 1.00 e. The Morgan fingerprint density at radius 1 is 0.576 bits per heavy atom. The molecule has 14 heteroatoms. The van der Waals surface area contributed by atoms with E-state index in [9.17, 15) is 9.59 Å². The molecule has 0 amide bonds. The van der Waals surface area contributed by atoms with E-state index in [0.717, 1.165) is 107 Å². The van der Waals surface area contributed by atoms with Crippen molar-refractivity contribution in [3.8, 4) is 23.0 Å². The second kappa shape index (κ2) is 25.8. The predicted octanol–water partition coefficient (Wildman–Crippen LogP) is 4.29. The maximum absolute atomic E-state index is 12.6. The molecule has 0 bridgehead atoms. The van der Waals surface area contributed by atoms with Gasteiger partial charge in [-0.25, -0.2) is 0 Å². The molecule has 0 saturated heterocycles. The number of halogens is 4. The van der Waals surface area contributed by atoms with Crippen molar-refractivity contribution in [1.82, 2.24) is 0 Å². The van der Waals surface area contributed by atoms with Gasteiger partial charge in [-0.2, -0.15) is 0 Å². The molecule has 4 aromatic rings. The summed E-state index contributed by atoms with van der Waals surface area (Å²) in [6.45, 7) is 6.11. The quantitative estimate of drug-likeness (QED) is 0.0500. The number of ether oxygens (including phenoxy) is 6. The predicted molar refractivity (Wildman–Crippen MR) is 253 cm³/mol. The minimum Gasteiger partial charge on any atom is -1.00 e. The first-order valence-corrected chi connectivity index (χ1v) is 23.2. The number of rotatable bonds is 22. The summed E-state index contributed by atoms with van der Waals surface area (Å²) in [5, 5.41) is 1.46. The molecule has 10 nitrogen and oxygen atoms in total. The topological polar surface area (TPSA) is 89.5 Å². The molecule has 2 aliphatic heterocycles. The van der Waals surface area contributed by atoms with Crippen LogP contribution in [0.4, 0.5) is 0 Å². The van der Waals surface area contributed by atoms with Crippen LogP contribution in [0.15, 0.2) is 84.9 Å². The maximum Gasteiger partial charge on any atom is 0.306 e. The Hall–Kier alpha value is -4.16. The fraction of sp³-hybridized carbons (Fsp3) is 0.462. The first kappa shape index (κ1) is 54.4. The zero-order valence-electron chi connectivity index (χ0n) is 39.2. The normalized spacial score (nSPS) is 19.6. The smallest absolute Gasteiger partial charge is 0.306 e. The summed E-state index contributed by atoms with van der Waals surface area (Å²) in [4.78, 5) is 25.2. The number of quaternary nitrogens is 2. The minimum atomic E-state index is -0.211. The van der Waals surface area contributed by atoms with Crippen LogP contribution >= 0.6 is 23.2 Å². The number of carbonyl (C=O) groups excluding carboxylic acids is 2. The lowest BCUT2D eigenvalue weighted by Crippen LogP contribution is -3.00. The molecule has 0 aromatic heterocycles. The van der Waals surface area contributed by atoms with E-state index >= 15 is 0 Å². The molecule has 4 atom stereocenters. The van der Waals surface area contributed by atoms with Crippen molar-refractivity contribution < 1.29 is 71.8 Å². The van der Waals surface area contributed by atoms with Crippen LogP contribution in [0.1, 0.15) is 83.7 Å². The average molecular weight is 989 g/mol. The van der Waals surface area contributed by atoms with E-state index in [1.165, 1.54) is 33.4 Å². The number of fused-ring (bicyclic) bond motifs is 2. The summed E-state index contributed by atoms with van der Waals surface area (Å²) >= 11 is 12.4. The molecule has 6 rings (SSSR count). The van der Waals surface area contributed by atoms with E-state index in [1.54, 1.807) is 28.4 Å². The number of esters is 2. The van der Waals surface area contributed by atoms with Gasteiger partial charge in [-0.15, -0.1) is 0 Å². The highest BCUT2D eigenvalue weighted by atomic mass is 35.5. The molecule has 66 heavy (non-hydrogen) atoms. The average Bonchev–Trinajstić information content (AvgIpc) is 3.28. The molecule has 2 aliphatic rings. The second-order valence-electron chi connectivity index (χ2n) is 17.9. The monoisotopic (exact) mass is 986 g/mol. The van der Waals surface area contributed by atoms with Crippen molar-refractivity contribution in [2.24, 2.45) is 0 Å². The molecule has 2 heterocycles. The fourth-order valence-corrected chi connectivity index (χ4v) is 9.92. The highest BCUT2D eigenvalue weighted by Crippen LogP contribution is 2.42. The number of methoxy groups -OCH3 is 4. The van der Waals surface area contributed by atoms with Gasteiger partial charge in [-0.1, -0.05) is 59.6 Å². The van der Waals surface area contributed by atoms with E-state index in [4.69, 9.17) is 51.6 Å². The van der Waals surface area contributed by atoms with Crippen LogP contribution in [0.2, 0.25) is 10.0 Å². The summed E-state index contributed by atoms with van der Waals surface area (Å²) in [7, 11) is 11.3. The van der Waals surface area contributed by atoms with Crippen LogP contribution in [-0.2, 0) is 45.0 Å². The Kier molecular flexibility index (Phi) is 21.3. The number of likely N-dealkylation sites (N-methyl/N-ethyl adjacent to an activating group) is 2. The SMILES string of the molecule is COc1cc2c(cc1OC)[C@@H](Cc1ccc(Cl)cc1)C[N@@+](C)(CCCOC(=O)CC/C=C/CCC(=O)OCCC[N@+]1(C)Cc3cc(OC)c(OC)cc3[C@@H](Cc3ccc(Cl)cc3)C1)C2.[Cl-].[Cl-]. The van der Waals surface area contributed by atoms with E-state index in [1.807, 2.05) is 36.4 Å². The lowest BCUT2D eigenvalue weighted by Gasteiger charge is -2.43. The third-order valence-corrected chi connectivity index (χ3v) is 13.3. The van der Waals surface area contributed by atoms with Crippen molar-refractivity contribution in [2.75, 3.05) is 81.9 Å². The molecular formula is C52H66Cl4N2O8. The zero-order chi connectivity index (χ0) is 45.7. The molecule has 360 valence electrons. The fourth-order valence-electron chi connectivity index (χ4n) is 9.67. The third kappa shape index (κ3) is 15.2. The first-order valence-electron chi connectivity index (χ1n) is 22.4. The van der Waals surface area contributed by atoms with Gasteiger partial charge in [0.05, 0.1) is 81.9 Å². The van der Waals surface area contributed by atoms with Crippen LogP contribution in [0.25, 0.3) is 0 Å². The van der Waals surface area contributed by atoms with Gasteiger partial charge in [0, 0.05) is 58.7 Å². The second-order valence-corrected chi connectivity index (χ2v) is 18.8. The summed E-state index contributed by atoms with van der Waals surface area (Å²) in [5.41, 5.74) is 7.55. The van der Waals surface area contributed by atoms with Crippen LogP contribution in [0.3, 0.4) is 0 Å². The molecule has 0 radical (unpaired) electrons. The zero-order valence-corrected chi connectivity index (χ0v) is 42.2. The van der Waals surface area contributed by atoms with Crippen molar-refractivity contribution in [1.29, 1.82) is 0 Å². The van der Waals surface area contributed by atoms with Gasteiger partial charge < -0.3 is 62.2 Å². The van der Waals surface area contributed by atoms with Gasteiger partial charge in [0.25, 0.3) is 0 Å². The molecule has 0 aliphatic carbocycles. The Balaban J connectivity index is 0.00000476. The molecule has 0 spiro atoms. The summed E-state index contributed by atoms with van der Waals surface area (Å²) in [6.07, 6.45) is 8.90. The van der Waals surface area contributed by atoms with Crippen LogP contribution in [0.5, 0.6) is 23.0 Å². The molecule has 0 saturated carbocycles. The highest BCUT2D eigenvalue weighted by Gasteiger charge is 2.38. The standard InChI is InChI=1S/C52H66Cl2N2O8.2ClH/c1-55(33-39(27-37-15-19-43(53)20-16-37)45-31-49(61-5)47(59-3)29-41(45)35-55)23-11-25-63-51(57)13-9-7-8-10-14-52(58)64-26-12-24-56(2)34-40(28-38-17-21-44(54)22-18-38)46-32-50(62-6)48(60-4)30-42(46)36-56;;/h7-8,15-22,29-32,39-40H,9-14,23-28,33-36H2,1-6H3;2*1H/q+2;;/p-2/b8-7+;;/t39-,40-,55-,56+;;/m0../s1. The van der Waals surface area contributed by atoms with Crippen molar-refractivity contribution in [3.05, 3.63) is 128 Å². The van der Waals surface area contributed by atoms with Crippen LogP contribution < -0.4 is 43.8 Å². The lowest BCUT2D eigenvalue weighted by molar-refractivity contribution is -0.926. The minimum absolute atomic E-state index is 0. The first-order chi connectivity index (χ1) is 30.8. The molecule has 0 N–H and O–H groups in total. The number of carbonyl (C=O) groups is 2. The van der Waals surface area contributed by atoms with E-state index in [0.29, 0.717) is 38.9 Å². The van der Waals surface area contributed by atoms with E-state index in [-0.39, 0.29) is 48.6 Å². The Labute approximate surface area is 414 Å². The van der Waals surface area contributed by atoms with Crippen molar-refractivity contribution in [2.45, 2.75) is 76.3 Å². The number of allylic oxidation sites excluding steroid dienone is 2. The van der Waals surface area contributed by atoms with Gasteiger partial charge in [0.2, 0.25) is 0 Å².